The van der Waals surface area contributed by atoms with Gasteiger partial charge in [-0.2, -0.15) is 0 Å². The van der Waals surface area contributed by atoms with Gasteiger partial charge in [0.15, 0.2) is 6.29 Å². The number of hydrogen-bond acceptors (Lipinski definition) is 6. The SMILES string of the molecule is CC[C@H](CC[C@@H](C)[C@H]1CC[C@@H]2[C@]1(C)CC[C@H]1[C@@]2(C)CC=C2C[C@@H](O[C@@H]3O[C@H](CO)[C@@H](O)[C@H](O)[C@H]3O)CC[C@@]21C)C(C)C. The molecule has 0 amide bonds. The van der Waals surface area contributed by atoms with Crippen LogP contribution in [0.5, 0.6) is 0 Å². The minimum absolute atomic E-state index is 0.113. The summed E-state index contributed by atoms with van der Waals surface area (Å²) >= 11 is 0. The van der Waals surface area contributed by atoms with E-state index in [1.54, 1.807) is 0 Å². The molecule has 5 aliphatic rings. The first-order valence-electron chi connectivity index (χ1n) is 17.5. The summed E-state index contributed by atoms with van der Waals surface area (Å²) in [6, 6.07) is 0. The Hall–Kier alpha value is -0.500. The molecule has 1 saturated heterocycles. The summed E-state index contributed by atoms with van der Waals surface area (Å²) in [6.45, 7) is 17.1. The fourth-order valence-electron chi connectivity index (χ4n) is 11.4. The highest BCUT2D eigenvalue weighted by Crippen LogP contribution is 2.72. The average molecular weight is 591 g/mol. The lowest BCUT2D eigenvalue weighted by molar-refractivity contribution is -0.313. The Balaban J connectivity index is 1.27. The van der Waals surface area contributed by atoms with Crippen molar-refractivity contribution in [3.63, 3.8) is 0 Å². The van der Waals surface area contributed by atoms with Crippen molar-refractivity contribution < 1.29 is 29.9 Å². The van der Waals surface area contributed by atoms with Gasteiger partial charge in [0, 0.05) is 0 Å². The third-order valence-electron chi connectivity index (χ3n) is 14.0. The van der Waals surface area contributed by atoms with E-state index in [-0.39, 0.29) is 11.5 Å². The first-order chi connectivity index (χ1) is 19.8. The molecule has 6 heteroatoms. The predicted octanol–water partition coefficient (Wildman–Crippen LogP) is 6.24. The van der Waals surface area contributed by atoms with Crippen LogP contribution in [0.1, 0.15) is 119 Å². The van der Waals surface area contributed by atoms with Crippen molar-refractivity contribution >= 4 is 0 Å². The highest BCUT2D eigenvalue weighted by atomic mass is 16.7. The molecular formula is C36H62O6. The first-order valence-corrected chi connectivity index (χ1v) is 17.5. The Morgan fingerprint density at radius 3 is 2.31 bits per heavy atom. The zero-order chi connectivity index (χ0) is 30.6. The summed E-state index contributed by atoms with van der Waals surface area (Å²) in [7, 11) is 0. The molecule has 4 fully saturated rings. The third kappa shape index (κ3) is 5.47. The van der Waals surface area contributed by atoms with Crippen LogP contribution in [0.25, 0.3) is 0 Å². The average Bonchev–Trinajstić information content (AvgIpc) is 3.32. The Labute approximate surface area is 255 Å². The molecule has 5 rings (SSSR count). The van der Waals surface area contributed by atoms with E-state index >= 15 is 0 Å². The van der Waals surface area contributed by atoms with E-state index in [0.717, 1.165) is 55.3 Å². The molecule has 14 atom stereocenters. The largest absolute Gasteiger partial charge is 0.394 e. The van der Waals surface area contributed by atoms with Crippen molar-refractivity contribution in [2.75, 3.05) is 6.61 Å². The van der Waals surface area contributed by atoms with Gasteiger partial charge in [-0.3, -0.25) is 0 Å². The lowest BCUT2D eigenvalue weighted by Gasteiger charge is -2.63. The molecule has 6 nitrogen and oxygen atoms in total. The summed E-state index contributed by atoms with van der Waals surface area (Å²) in [4.78, 5) is 0. The second-order valence-corrected chi connectivity index (χ2v) is 16.4. The number of ether oxygens (including phenoxy) is 2. The molecule has 4 N–H and O–H groups in total. The molecule has 0 bridgehead atoms. The Morgan fingerprint density at radius 2 is 1.64 bits per heavy atom. The molecule has 0 radical (unpaired) electrons. The van der Waals surface area contributed by atoms with Gasteiger partial charge >= 0.3 is 0 Å². The van der Waals surface area contributed by atoms with Crippen LogP contribution in [-0.2, 0) is 9.47 Å². The Bertz CT molecular complexity index is 965. The molecule has 1 heterocycles. The topological polar surface area (TPSA) is 99.4 Å². The molecule has 0 aromatic heterocycles. The lowest BCUT2D eigenvalue weighted by Crippen LogP contribution is -2.60. The molecule has 0 spiro atoms. The van der Waals surface area contributed by atoms with Gasteiger partial charge in [-0.15, -0.1) is 0 Å². The van der Waals surface area contributed by atoms with E-state index in [0.29, 0.717) is 16.7 Å². The summed E-state index contributed by atoms with van der Waals surface area (Å²) in [5.41, 5.74) is 2.43. The maximum atomic E-state index is 10.5. The monoisotopic (exact) mass is 590 g/mol. The maximum absolute atomic E-state index is 10.5. The third-order valence-corrected chi connectivity index (χ3v) is 14.0. The summed E-state index contributed by atoms with van der Waals surface area (Å²) in [5.74, 6) is 4.73. The van der Waals surface area contributed by atoms with Gasteiger partial charge in [0.1, 0.15) is 24.4 Å². The van der Waals surface area contributed by atoms with Crippen LogP contribution in [0.2, 0.25) is 0 Å². The second-order valence-electron chi connectivity index (χ2n) is 16.4. The number of fused-ring (bicyclic) bond motifs is 5. The summed E-state index contributed by atoms with van der Waals surface area (Å²) in [5, 5.41) is 40.5. The normalized spacial score (nSPS) is 48.7. The van der Waals surface area contributed by atoms with Gasteiger partial charge in [0.25, 0.3) is 0 Å². The van der Waals surface area contributed by atoms with Crippen molar-refractivity contribution in [3.05, 3.63) is 11.6 Å². The first kappa shape index (κ1) is 32.9. The summed E-state index contributed by atoms with van der Waals surface area (Å²) in [6.07, 6.45) is 9.73. The molecule has 1 aliphatic heterocycles. The van der Waals surface area contributed by atoms with Crippen LogP contribution in [0, 0.1) is 51.8 Å². The fraction of sp³-hybridized carbons (Fsp3) is 0.944. The van der Waals surface area contributed by atoms with Gasteiger partial charge < -0.3 is 29.9 Å². The van der Waals surface area contributed by atoms with Crippen molar-refractivity contribution in [2.45, 2.75) is 156 Å². The number of allylic oxidation sites excluding steroid dienone is 1. The minimum Gasteiger partial charge on any atom is -0.394 e. The van der Waals surface area contributed by atoms with Crippen LogP contribution < -0.4 is 0 Å². The van der Waals surface area contributed by atoms with Gasteiger partial charge in [-0.25, -0.2) is 0 Å². The van der Waals surface area contributed by atoms with Gasteiger partial charge in [0.2, 0.25) is 0 Å². The van der Waals surface area contributed by atoms with Crippen LogP contribution in [0.3, 0.4) is 0 Å². The molecule has 3 saturated carbocycles. The zero-order valence-electron chi connectivity index (χ0n) is 27.6. The van der Waals surface area contributed by atoms with E-state index in [9.17, 15) is 20.4 Å². The van der Waals surface area contributed by atoms with Crippen LogP contribution in [0.15, 0.2) is 11.6 Å². The number of rotatable bonds is 9. The minimum atomic E-state index is -1.40. The van der Waals surface area contributed by atoms with Crippen molar-refractivity contribution in [1.82, 2.24) is 0 Å². The number of aliphatic hydroxyl groups excluding tert-OH is 4. The Kier molecular flexibility index (Phi) is 9.68. The van der Waals surface area contributed by atoms with Gasteiger partial charge in [-0.05, 0) is 110 Å². The fourth-order valence-corrected chi connectivity index (χ4v) is 11.4. The second kappa shape index (κ2) is 12.4. The van der Waals surface area contributed by atoms with Crippen LogP contribution >= 0.6 is 0 Å². The van der Waals surface area contributed by atoms with Crippen molar-refractivity contribution in [3.8, 4) is 0 Å². The predicted molar refractivity (Wildman–Crippen MR) is 165 cm³/mol. The highest BCUT2D eigenvalue weighted by Gasteiger charge is 2.64. The number of hydrogen-bond donors (Lipinski definition) is 4. The zero-order valence-corrected chi connectivity index (χ0v) is 27.6. The molecule has 42 heavy (non-hydrogen) atoms. The molecule has 0 aromatic carbocycles. The quantitative estimate of drug-likeness (QED) is 0.237. The van der Waals surface area contributed by atoms with E-state index in [2.05, 4.69) is 54.5 Å². The molecule has 0 unspecified atom stereocenters. The molecule has 0 aromatic rings. The van der Waals surface area contributed by atoms with Crippen molar-refractivity contribution in [1.29, 1.82) is 0 Å². The lowest BCUT2D eigenvalue weighted by atomic mass is 9.41. The summed E-state index contributed by atoms with van der Waals surface area (Å²) < 4.78 is 11.9. The molecule has 242 valence electrons. The van der Waals surface area contributed by atoms with Gasteiger partial charge in [-0.1, -0.05) is 73.0 Å². The number of aliphatic hydroxyl groups is 4. The van der Waals surface area contributed by atoms with Crippen molar-refractivity contribution in [2.24, 2.45) is 51.8 Å². The Morgan fingerprint density at radius 1 is 0.905 bits per heavy atom. The van der Waals surface area contributed by atoms with E-state index in [1.807, 2.05) is 0 Å². The maximum Gasteiger partial charge on any atom is 0.186 e. The smallest absolute Gasteiger partial charge is 0.186 e. The van der Waals surface area contributed by atoms with Crippen LogP contribution in [-0.4, -0.2) is 63.8 Å². The van der Waals surface area contributed by atoms with E-state index in [1.165, 1.54) is 50.5 Å². The van der Waals surface area contributed by atoms with Crippen LogP contribution in [0.4, 0.5) is 0 Å². The molecular weight excluding hydrogens is 528 g/mol. The van der Waals surface area contributed by atoms with Gasteiger partial charge in [0.05, 0.1) is 12.7 Å². The highest BCUT2D eigenvalue weighted by molar-refractivity contribution is 5.28. The standard InChI is InChI=1S/C36H62O6/c1-8-23(21(2)3)10-9-22(4)26-11-12-28-35(26,6)18-15-29-34(5)17-14-25(19-24(34)13-16-36(28,29)7)41-33-32(40)31(39)30(38)27(20-37)42-33/h13,21-23,25-33,37-40H,8-12,14-20H2,1-7H3/t22-,23-,25+,26-,27-,28-,29-,30-,31+,32-,33-,34+,35-,36+/m1/s1. The van der Waals surface area contributed by atoms with E-state index < -0.39 is 37.3 Å². The molecule has 4 aliphatic carbocycles. The van der Waals surface area contributed by atoms with E-state index in [4.69, 9.17) is 9.47 Å².